The fraction of sp³-hybridized carbons (Fsp3) is 0.294. The van der Waals surface area contributed by atoms with E-state index in [2.05, 4.69) is 5.32 Å². The predicted molar refractivity (Wildman–Crippen MR) is 79.1 cm³/mol. The molecule has 1 heterocycles. The second-order valence-corrected chi connectivity index (χ2v) is 5.10. The first-order valence-corrected chi connectivity index (χ1v) is 7.10. The highest BCUT2D eigenvalue weighted by atomic mass is 19.1. The Bertz CT molecular complexity index is 630. The highest BCUT2D eigenvalue weighted by Crippen LogP contribution is 2.33. The standard InChI is InChI=1S/C17H18FNO2/c1-12(13-4-2-6-15(18)10-13)19-11-14-5-3-7-16-17(14)21-9-8-20-16/h2-7,10,12,19H,8-9,11H2,1H3/t12-/m1/s1. The predicted octanol–water partition coefficient (Wildman–Crippen LogP) is 3.45. The molecule has 1 atom stereocenters. The number of fused-ring (bicyclic) bond motifs is 1. The molecule has 110 valence electrons. The van der Waals surface area contributed by atoms with Crippen LogP contribution in [-0.4, -0.2) is 13.2 Å². The van der Waals surface area contributed by atoms with E-state index in [9.17, 15) is 4.39 Å². The lowest BCUT2D eigenvalue weighted by Crippen LogP contribution is -2.21. The van der Waals surface area contributed by atoms with Crippen LogP contribution in [0.4, 0.5) is 4.39 Å². The van der Waals surface area contributed by atoms with Gasteiger partial charge in [0.05, 0.1) is 0 Å². The summed E-state index contributed by atoms with van der Waals surface area (Å²) in [6.07, 6.45) is 0. The number of rotatable bonds is 4. The van der Waals surface area contributed by atoms with Crippen LogP contribution in [0.25, 0.3) is 0 Å². The van der Waals surface area contributed by atoms with Gasteiger partial charge >= 0.3 is 0 Å². The maximum Gasteiger partial charge on any atom is 0.165 e. The van der Waals surface area contributed by atoms with Crippen LogP contribution in [0, 0.1) is 5.82 Å². The summed E-state index contributed by atoms with van der Waals surface area (Å²) in [5.41, 5.74) is 1.98. The molecular weight excluding hydrogens is 269 g/mol. The highest BCUT2D eigenvalue weighted by Gasteiger charge is 2.16. The van der Waals surface area contributed by atoms with Gasteiger partial charge in [0, 0.05) is 18.2 Å². The van der Waals surface area contributed by atoms with Gasteiger partial charge in [0.15, 0.2) is 11.5 Å². The number of benzene rings is 2. The largest absolute Gasteiger partial charge is 0.486 e. The van der Waals surface area contributed by atoms with Crippen LogP contribution in [0.3, 0.4) is 0 Å². The van der Waals surface area contributed by atoms with E-state index >= 15 is 0 Å². The zero-order valence-corrected chi connectivity index (χ0v) is 11.9. The van der Waals surface area contributed by atoms with Gasteiger partial charge in [0.25, 0.3) is 0 Å². The van der Waals surface area contributed by atoms with Gasteiger partial charge in [-0.1, -0.05) is 24.3 Å². The Kier molecular flexibility index (Phi) is 4.06. The van der Waals surface area contributed by atoms with Crippen LogP contribution in [0.15, 0.2) is 42.5 Å². The van der Waals surface area contributed by atoms with Gasteiger partial charge in [-0.3, -0.25) is 0 Å². The van der Waals surface area contributed by atoms with Crippen LogP contribution in [-0.2, 0) is 6.54 Å². The summed E-state index contributed by atoms with van der Waals surface area (Å²) in [4.78, 5) is 0. The maximum absolute atomic E-state index is 13.3. The summed E-state index contributed by atoms with van der Waals surface area (Å²) in [7, 11) is 0. The molecular formula is C17H18FNO2. The van der Waals surface area contributed by atoms with Gasteiger partial charge in [-0.25, -0.2) is 4.39 Å². The van der Waals surface area contributed by atoms with Gasteiger partial charge in [-0.2, -0.15) is 0 Å². The molecule has 0 saturated carbocycles. The lowest BCUT2D eigenvalue weighted by molar-refractivity contribution is 0.169. The normalized spacial score (nSPS) is 14.8. The summed E-state index contributed by atoms with van der Waals surface area (Å²) in [5, 5.41) is 3.39. The van der Waals surface area contributed by atoms with Crippen molar-refractivity contribution in [2.75, 3.05) is 13.2 Å². The Morgan fingerprint density at radius 2 is 1.95 bits per heavy atom. The molecule has 21 heavy (non-hydrogen) atoms. The van der Waals surface area contributed by atoms with E-state index < -0.39 is 0 Å². The molecule has 2 aromatic rings. The maximum atomic E-state index is 13.3. The average Bonchev–Trinajstić information content (AvgIpc) is 2.52. The van der Waals surface area contributed by atoms with E-state index in [4.69, 9.17) is 9.47 Å². The molecule has 1 aliphatic rings. The summed E-state index contributed by atoms with van der Waals surface area (Å²) < 4.78 is 24.5. The zero-order valence-electron chi connectivity index (χ0n) is 11.9. The number of hydrogen-bond donors (Lipinski definition) is 1. The molecule has 0 saturated heterocycles. The van der Waals surface area contributed by atoms with Crippen LogP contribution >= 0.6 is 0 Å². The van der Waals surface area contributed by atoms with Crippen molar-refractivity contribution >= 4 is 0 Å². The number of nitrogens with one attached hydrogen (secondary N) is 1. The summed E-state index contributed by atoms with van der Waals surface area (Å²) in [6, 6.07) is 12.6. The first-order valence-electron chi connectivity index (χ1n) is 7.10. The smallest absolute Gasteiger partial charge is 0.165 e. The second kappa shape index (κ2) is 6.14. The van der Waals surface area contributed by atoms with Crippen LogP contribution in [0.5, 0.6) is 11.5 Å². The average molecular weight is 287 g/mol. The van der Waals surface area contributed by atoms with Gasteiger partial charge in [-0.05, 0) is 30.7 Å². The zero-order chi connectivity index (χ0) is 14.7. The van der Waals surface area contributed by atoms with E-state index in [0.29, 0.717) is 19.8 Å². The first kappa shape index (κ1) is 13.9. The molecule has 3 nitrogen and oxygen atoms in total. The third-order valence-electron chi connectivity index (χ3n) is 3.60. The van der Waals surface area contributed by atoms with Gasteiger partial charge < -0.3 is 14.8 Å². The first-order chi connectivity index (χ1) is 10.2. The van der Waals surface area contributed by atoms with Crippen LogP contribution in [0.2, 0.25) is 0 Å². The number of ether oxygens (including phenoxy) is 2. The molecule has 0 unspecified atom stereocenters. The molecule has 0 fully saturated rings. The molecule has 0 aromatic heterocycles. The van der Waals surface area contributed by atoms with Crippen molar-refractivity contribution in [2.24, 2.45) is 0 Å². The molecule has 0 aliphatic carbocycles. The number of para-hydroxylation sites is 1. The van der Waals surface area contributed by atoms with E-state index in [0.717, 1.165) is 22.6 Å². The van der Waals surface area contributed by atoms with Crippen molar-refractivity contribution in [2.45, 2.75) is 19.5 Å². The monoisotopic (exact) mass is 287 g/mol. The van der Waals surface area contributed by atoms with Crippen molar-refractivity contribution in [1.82, 2.24) is 5.32 Å². The molecule has 1 aliphatic heterocycles. The summed E-state index contributed by atoms with van der Waals surface area (Å²) in [6.45, 7) is 3.82. The fourth-order valence-corrected chi connectivity index (χ4v) is 2.43. The number of hydrogen-bond acceptors (Lipinski definition) is 3. The molecule has 2 aromatic carbocycles. The lowest BCUT2D eigenvalue weighted by atomic mass is 10.1. The van der Waals surface area contributed by atoms with E-state index in [1.165, 1.54) is 6.07 Å². The SMILES string of the molecule is C[C@@H](NCc1cccc2c1OCCO2)c1cccc(F)c1. The van der Waals surface area contributed by atoms with E-state index in [-0.39, 0.29) is 11.9 Å². The Morgan fingerprint density at radius 1 is 1.14 bits per heavy atom. The van der Waals surface area contributed by atoms with E-state index in [1.807, 2.05) is 31.2 Å². The Balaban J connectivity index is 1.70. The molecule has 1 N–H and O–H groups in total. The summed E-state index contributed by atoms with van der Waals surface area (Å²) >= 11 is 0. The third kappa shape index (κ3) is 3.16. The fourth-order valence-electron chi connectivity index (χ4n) is 2.43. The summed E-state index contributed by atoms with van der Waals surface area (Å²) in [5.74, 6) is 1.39. The number of halogens is 1. The highest BCUT2D eigenvalue weighted by molar-refractivity contribution is 5.47. The van der Waals surface area contributed by atoms with Crippen molar-refractivity contribution < 1.29 is 13.9 Å². The van der Waals surface area contributed by atoms with Gasteiger partial charge in [0.2, 0.25) is 0 Å². The van der Waals surface area contributed by atoms with Crippen LogP contribution in [0.1, 0.15) is 24.1 Å². The second-order valence-electron chi connectivity index (χ2n) is 5.10. The van der Waals surface area contributed by atoms with Crippen molar-refractivity contribution in [3.8, 4) is 11.5 Å². The minimum Gasteiger partial charge on any atom is -0.486 e. The molecule has 0 bridgehead atoms. The third-order valence-corrected chi connectivity index (χ3v) is 3.60. The Morgan fingerprint density at radius 3 is 2.81 bits per heavy atom. The molecule has 0 amide bonds. The Labute approximate surface area is 123 Å². The molecule has 0 spiro atoms. The lowest BCUT2D eigenvalue weighted by Gasteiger charge is -2.22. The quantitative estimate of drug-likeness (QED) is 0.934. The Hall–Kier alpha value is -2.07. The van der Waals surface area contributed by atoms with Crippen molar-refractivity contribution in [1.29, 1.82) is 0 Å². The minimum atomic E-state index is -0.213. The minimum absolute atomic E-state index is 0.0565. The van der Waals surface area contributed by atoms with Gasteiger partial charge in [-0.15, -0.1) is 0 Å². The van der Waals surface area contributed by atoms with Gasteiger partial charge in [0.1, 0.15) is 19.0 Å². The van der Waals surface area contributed by atoms with Crippen molar-refractivity contribution in [3.05, 3.63) is 59.4 Å². The molecule has 3 rings (SSSR count). The molecule has 4 heteroatoms. The topological polar surface area (TPSA) is 30.5 Å². The van der Waals surface area contributed by atoms with E-state index in [1.54, 1.807) is 12.1 Å². The van der Waals surface area contributed by atoms with Crippen LogP contribution < -0.4 is 14.8 Å². The molecule has 0 radical (unpaired) electrons. The van der Waals surface area contributed by atoms with Crippen molar-refractivity contribution in [3.63, 3.8) is 0 Å².